The zero-order chi connectivity index (χ0) is 19.3. The predicted molar refractivity (Wildman–Crippen MR) is 104 cm³/mol. The summed E-state index contributed by atoms with van der Waals surface area (Å²) >= 11 is 0. The van der Waals surface area contributed by atoms with E-state index >= 15 is 0 Å². The Bertz CT molecular complexity index is 847. The lowest BCUT2D eigenvalue weighted by Gasteiger charge is -2.35. The molecule has 2 aromatic rings. The van der Waals surface area contributed by atoms with Crippen LogP contribution in [0.1, 0.15) is 17.2 Å². The van der Waals surface area contributed by atoms with Crippen LogP contribution in [0.2, 0.25) is 0 Å². The number of hydrogen-bond donors (Lipinski definition) is 1. The second-order valence-electron chi connectivity index (χ2n) is 6.61. The quantitative estimate of drug-likeness (QED) is 0.786. The molecule has 1 fully saturated rings. The standard InChI is InChI=1S/C20H26N2O4S/c1-16-4-3-5-19(14-16)27(23,24)21-15-20(22-10-12-26-13-11-22)17-6-8-18(25-2)9-7-17/h3-9,14,20-21H,10-13,15H2,1-2H3. The first kappa shape index (κ1) is 19.8. The van der Waals surface area contributed by atoms with E-state index in [1.807, 2.05) is 37.3 Å². The van der Waals surface area contributed by atoms with Gasteiger partial charge in [-0.1, -0.05) is 24.3 Å². The van der Waals surface area contributed by atoms with Crippen molar-refractivity contribution < 1.29 is 17.9 Å². The second-order valence-corrected chi connectivity index (χ2v) is 8.37. The summed E-state index contributed by atoms with van der Waals surface area (Å²) in [4.78, 5) is 2.54. The Morgan fingerprint density at radius 3 is 2.48 bits per heavy atom. The van der Waals surface area contributed by atoms with Gasteiger partial charge in [0, 0.05) is 25.7 Å². The van der Waals surface area contributed by atoms with Crippen LogP contribution in [0, 0.1) is 6.92 Å². The Balaban J connectivity index is 1.80. The van der Waals surface area contributed by atoms with Crippen molar-refractivity contribution in [1.82, 2.24) is 9.62 Å². The van der Waals surface area contributed by atoms with Crippen LogP contribution in [-0.2, 0) is 14.8 Å². The number of rotatable bonds is 7. The van der Waals surface area contributed by atoms with Crippen LogP contribution in [0.3, 0.4) is 0 Å². The largest absolute Gasteiger partial charge is 0.497 e. The molecule has 2 aromatic carbocycles. The number of benzene rings is 2. The van der Waals surface area contributed by atoms with Gasteiger partial charge in [-0.25, -0.2) is 13.1 Å². The number of sulfonamides is 1. The summed E-state index contributed by atoms with van der Waals surface area (Å²) in [6.45, 7) is 5.01. The summed E-state index contributed by atoms with van der Waals surface area (Å²) in [7, 11) is -1.94. The van der Waals surface area contributed by atoms with E-state index in [0.29, 0.717) is 19.8 Å². The van der Waals surface area contributed by atoms with Crippen LogP contribution in [-0.4, -0.2) is 53.3 Å². The summed E-state index contributed by atoms with van der Waals surface area (Å²) in [5.74, 6) is 0.778. The van der Waals surface area contributed by atoms with Crippen LogP contribution in [0.5, 0.6) is 5.75 Å². The minimum absolute atomic E-state index is 0.0700. The molecular weight excluding hydrogens is 364 g/mol. The van der Waals surface area contributed by atoms with Gasteiger partial charge in [0.05, 0.1) is 25.2 Å². The highest BCUT2D eigenvalue weighted by molar-refractivity contribution is 7.89. The Morgan fingerprint density at radius 1 is 1.15 bits per heavy atom. The molecule has 0 bridgehead atoms. The van der Waals surface area contributed by atoms with Gasteiger partial charge in [0.1, 0.15) is 5.75 Å². The van der Waals surface area contributed by atoms with E-state index in [9.17, 15) is 8.42 Å². The minimum Gasteiger partial charge on any atom is -0.497 e. The number of methoxy groups -OCH3 is 1. The van der Waals surface area contributed by atoms with Crippen molar-refractivity contribution >= 4 is 10.0 Å². The average Bonchev–Trinajstić information content (AvgIpc) is 2.69. The van der Waals surface area contributed by atoms with E-state index < -0.39 is 10.0 Å². The van der Waals surface area contributed by atoms with E-state index in [-0.39, 0.29) is 10.9 Å². The van der Waals surface area contributed by atoms with E-state index in [0.717, 1.165) is 30.0 Å². The van der Waals surface area contributed by atoms with Crippen molar-refractivity contribution in [2.75, 3.05) is 40.0 Å². The highest BCUT2D eigenvalue weighted by Gasteiger charge is 2.25. The normalized spacial score (nSPS) is 16.8. The molecule has 1 N–H and O–H groups in total. The van der Waals surface area contributed by atoms with Crippen LogP contribution >= 0.6 is 0 Å². The smallest absolute Gasteiger partial charge is 0.240 e. The maximum atomic E-state index is 12.7. The van der Waals surface area contributed by atoms with Crippen LogP contribution < -0.4 is 9.46 Å². The third-order valence-electron chi connectivity index (χ3n) is 4.75. The van der Waals surface area contributed by atoms with Crippen molar-refractivity contribution in [3.8, 4) is 5.75 Å². The monoisotopic (exact) mass is 390 g/mol. The molecule has 1 aliphatic rings. The van der Waals surface area contributed by atoms with E-state index in [1.165, 1.54) is 0 Å². The van der Waals surface area contributed by atoms with Gasteiger partial charge in [0.2, 0.25) is 10.0 Å². The van der Waals surface area contributed by atoms with Gasteiger partial charge in [-0.2, -0.15) is 0 Å². The molecule has 1 unspecified atom stereocenters. The zero-order valence-corrected chi connectivity index (χ0v) is 16.5. The predicted octanol–water partition coefficient (Wildman–Crippen LogP) is 2.36. The first-order valence-corrected chi connectivity index (χ1v) is 10.5. The molecule has 146 valence electrons. The van der Waals surface area contributed by atoms with Gasteiger partial charge in [-0.15, -0.1) is 0 Å². The molecule has 1 heterocycles. The van der Waals surface area contributed by atoms with Crippen molar-refractivity contribution in [3.63, 3.8) is 0 Å². The van der Waals surface area contributed by atoms with Gasteiger partial charge in [0.15, 0.2) is 0 Å². The Kier molecular flexibility index (Phi) is 6.49. The van der Waals surface area contributed by atoms with Gasteiger partial charge in [0.25, 0.3) is 0 Å². The first-order chi connectivity index (χ1) is 13.0. The van der Waals surface area contributed by atoms with Gasteiger partial charge in [-0.05, 0) is 42.3 Å². The maximum Gasteiger partial charge on any atom is 0.240 e. The van der Waals surface area contributed by atoms with Crippen LogP contribution in [0.25, 0.3) is 0 Å². The molecule has 0 aromatic heterocycles. The lowest BCUT2D eigenvalue weighted by atomic mass is 10.0. The maximum absolute atomic E-state index is 12.7. The number of morpholine rings is 1. The highest BCUT2D eigenvalue weighted by atomic mass is 32.2. The van der Waals surface area contributed by atoms with Gasteiger partial charge < -0.3 is 9.47 Å². The number of aryl methyl sites for hydroxylation is 1. The third kappa shape index (κ3) is 5.07. The number of nitrogens with one attached hydrogen (secondary N) is 1. The molecule has 3 rings (SSSR count). The molecule has 0 amide bonds. The molecule has 0 aliphatic carbocycles. The van der Waals surface area contributed by atoms with E-state index in [1.54, 1.807) is 25.3 Å². The Labute approximate surface area is 161 Å². The number of hydrogen-bond acceptors (Lipinski definition) is 5. The minimum atomic E-state index is -3.57. The van der Waals surface area contributed by atoms with Crippen LogP contribution in [0.15, 0.2) is 53.4 Å². The van der Waals surface area contributed by atoms with E-state index in [2.05, 4.69) is 9.62 Å². The fourth-order valence-electron chi connectivity index (χ4n) is 3.23. The molecule has 1 atom stereocenters. The number of ether oxygens (including phenoxy) is 2. The molecule has 1 aliphatic heterocycles. The summed E-state index contributed by atoms with van der Waals surface area (Å²) < 4.78 is 38.9. The van der Waals surface area contributed by atoms with Crippen LogP contribution in [0.4, 0.5) is 0 Å². The molecule has 0 radical (unpaired) electrons. The van der Waals surface area contributed by atoms with Crippen molar-refractivity contribution in [2.45, 2.75) is 17.9 Å². The highest BCUT2D eigenvalue weighted by Crippen LogP contribution is 2.24. The van der Waals surface area contributed by atoms with Crippen molar-refractivity contribution in [3.05, 3.63) is 59.7 Å². The molecule has 7 heteroatoms. The first-order valence-electron chi connectivity index (χ1n) is 9.02. The Hall–Kier alpha value is -1.93. The van der Waals surface area contributed by atoms with Gasteiger partial charge in [-0.3, -0.25) is 4.90 Å². The summed E-state index contributed by atoms with van der Waals surface area (Å²) in [6.07, 6.45) is 0. The summed E-state index contributed by atoms with van der Waals surface area (Å²) in [5, 5.41) is 0. The van der Waals surface area contributed by atoms with E-state index in [4.69, 9.17) is 9.47 Å². The van der Waals surface area contributed by atoms with Crippen molar-refractivity contribution in [2.24, 2.45) is 0 Å². The lowest BCUT2D eigenvalue weighted by molar-refractivity contribution is 0.0172. The molecule has 0 spiro atoms. The summed E-state index contributed by atoms with van der Waals surface area (Å²) in [5.41, 5.74) is 1.96. The lowest BCUT2D eigenvalue weighted by Crippen LogP contribution is -2.43. The molecular formula is C20H26N2O4S. The second kappa shape index (κ2) is 8.84. The molecule has 1 saturated heterocycles. The Morgan fingerprint density at radius 2 is 1.85 bits per heavy atom. The molecule has 27 heavy (non-hydrogen) atoms. The SMILES string of the molecule is COc1ccc(C(CNS(=O)(=O)c2cccc(C)c2)N2CCOCC2)cc1. The number of nitrogens with zero attached hydrogens (tertiary/aromatic N) is 1. The topological polar surface area (TPSA) is 67.9 Å². The average molecular weight is 391 g/mol. The van der Waals surface area contributed by atoms with Crippen molar-refractivity contribution in [1.29, 1.82) is 0 Å². The zero-order valence-electron chi connectivity index (χ0n) is 15.7. The van der Waals surface area contributed by atoms with Gasteiger partial charge >= 0.3 is 0 Å². The third-order valence-corrected chi connectivity index (χ3v) is 6.17. The fraction of sp³-hybridized carbons (Fsp3) is 0.400. The fourth-order valence-corrected chi connectivity index (χ4v) is 4.37. The molecule has 6 nitrogen and oxygen atoms in total. The molecule has 0 saturated carbocycles. The summed E-state index contributed by atoms with van der Waals surface area (Å²) in [6, 6.07) is 14.6.